The van der Waals surface area contributed by atoms with Gasteiger partial charge in [-0.05, 0) is 17.0 Å². The van der Waals surface area contributed by atoms with E-state index >= 15 is 0 Å². The van der Waals surface area contributed by atoms with Crippen LogP contribution in [0.15, 0.2) is 24.3 Å². The Labute approximate surface area is 120 Å². The molecule has 1 aliphatic heterocycles. The summed E-state index contributed by atoms with van der Waals surface area (Å²) in [5.74, 6) is 0.323. The zero-order chi connectivity index (χ0) is 14.5. The molecule has 1 aliphatic rings. The molecule has 1 heterocycles. The Bertz CT molecular complexity index is 460. The Kier molecular flexibility index (Phi) is 5.15. The standard InChI is InChI=1S/C16H24N2O2/c1-11(2)15(10-20-3)18-16(19)14-9-17-8-12-6-4-5-7-13(12)14/h4-7,11,14-15,17H,8-10H2,1-3H3,(H,18,19). The molecule has 4 nitrogen and oxygen atoms in total. The van der Waals surface area contributed by atoms with Gasteiger partial charge in [-0.2, -0.15) is 0 Å². The highest BCUT2D eigenvalue weighted by molar-refractivity contribution is 5.85. The molecule has 2 atom stereocenters. The molecule has 20 heavy (non-hydrogen) atoms. The number of rotatable bonds is 5. The molecule has 2 N–H and O–H groups in total. The molecular weight excluding hydrogens is 252 g/mol. The fraction of sp³-hybridized carbons (Fsp3) is 0.562. The van der Waals surface area contributed by atoms with Gasteiger partial charge in [-0.25, -0.2) is 0 Å². The van der Waals surface area contributed by atoms with Gasteiger partial charge in [0.05, 0.1) is 18.6 Å². The molecule has 1 amide bonds. The zero-order valence-electron chi connectivity index (χ0n) is 12.5. The van der Waals surface area contributed by atoms with E-state index in [0.717, 1.165) is 12.1 Å². The fourth-order valence-electron chi connectivity index (χ4n) is 2.59. The minimum Gasteiger partial charge on any atom is -0.383 e. The van der Waals surface area contributed by atoms with E-state index in [4.69, 9.17) is 4.74 Å². The summed E-state index contributed by atoms with van der Waals surface area (Å²) in [5.41, 5.74) is 2.36. The summed E-state index contributed by atoms with van der Waals surface area (Å²) in [7, 11) is 1.67. The first-order valence-corrected chi connectivity index (χ1v) is 7.21. The predicted molar refractivity (Wildman–Crippen MR) is 79.5 cm³/mol. The lowest BCUT2D eigenvalue weighted by molar-refractivity contribution is -0.124. The van der Waals surface area contributed by atoms with Crippen molar-refractivity contribution in [3.05, 3.63) is 35.4 Å². The average molecular weight is 276 g/mol. The van der Waals surface area contributed by atoms with E-state index in [9.17, 15) is 4.79 Å². The first-order valence-electron chi connectivity index (χ1n) is 7.21. The van der Waals surface area contributed by atoms with Crippen molar-refractivity contribution in [2.75, 3.05) is 20.3 Å². The Balaban J connectivity index is 2.10. The van der Waals surface area contributed by atoms with E-state index in [1.54, 1.807) is 7.11 Å². The van der Waals surface area contributed by atoms with Crippen LogP contribution in [0.25, 0.3) is 0 Å². The molecule has 2 rings (SSSR count). The van der Waals surface area contributed by atoms with Crippen molar-refractivity contribution in [2.45, 2.75) is 32.4 Å². The molecule has 2 unspecified atom stereocenters. The normalized spacial score (nSPS) is 19.5. The Hall–Kier alpha value is -1.39. The monoisotopic (exact) mass is 276 g/mol. The van der Waals surface area contributed by atoms with Gasteiger partial charge in [-0.1, -0.05) is 38.1 Å². The number of fused-ring (bicyclic) bond motifs is 1. The lowest BCUT2D eigenvalue weighted by Crippen LogP contribution is -2.46. The molecule has 0 spiro atoms. The van der Waals surface area contributed by atoms with Gasteiger partial charge in [-0.3, -0.25) is 4.79 Å². The minimum absolute atomic E-state index is 0.0570. The molecule has 0 saturated carbocycles. The van der Waals surface area contributed by atoms with Gasteiger partial charge in [-0.15, -0.1) is 0 Å². The Morgan fingerprint density at radius 3 is 2.90 bits per heavy atom. The van der Waals surface area contributed by atoms with Crippen LogP contribution in [0.3, 0.4) is 0 Å². The topological polar surface area (TPSA) is 50.4 Å². The molecule has 4 heteroatoms. The average Bonchev–Trinajstić information content (AvgIpc) is 2.46. The molecule has 0 radical (unpaired) electrons. The van der Waals surface area contributed by atoms with Crippen molar-refractivity contribution in [2.24, 2.45) is 5.92 Å². The SMILES string of the molecule is COCC(NC(=O)C1CNCc2ccccc21)C(C)C. The van der Waals surface area contributed by atoms with Crippen LogP contribution in [-0.4, -0.2) is 32.2 Å². The highest BCUT2D eigenvalue weighted by Gasteiger charge is 2.28. The number of hydrogen-bond acceptors (Lipinski definition) is 3. The van der Waals surface area contributed by atoms with Gasteiger partial charge in [0.2, 0.25) is 5.91 Å². The molecule has 0 bridgehead atoms. The smallest absolute Gasteiger partial charge is 0.229 e. The van der Waals surface area contributed by atoms with Crippen LogP contribution in [0, 0.1) is 5.92 Å². The van der Waals surface area contributed by atoms with Gasteiger partial charge in [0.1, 0.15) is 0 Å². The van der Waals surface area contributed by atoms with Crippen LogP contribution in [0.4, 0.5) is 0 Å². The molecule has 110 valence electrons. The van der Waals surface area contributed by atoms with Gasteiger partial charge in [0.25, 0.3) is 0 Å². The molecule has 1 aromatic rings. The van der Waals surface area contributed by atoms with E-state index in [1.165, 1.54) is 5.56 Å². The number of hydrogen-bond donors (Lipinski definition) is 2. The summed E-state index contributed by atoms with van der Waals surface area (Å²) in [4.78, 5) is 12.5. The second-order valence-corrected chi connectivity index (χ2v) is 5.70. The van der Waals surface area contributed by atoms with Gasteiger partial charge < -0.3 is 15.4 Å². The molecular formula is C16H24N2O2. The second-order valence-electron chi connectivity index (χ2n) is 5.70. The molecule has 0 fully saturated rings. The van der Waals surface area contributed by atoms with Crippen molar-refractivity contribution in [1.82, 2.24) is 10.6 Å². The van der Waals surface area contributed by atoms with Crippen molar-refractivity contribution < 1.29 is 9.53 Å². The van der Waals surface area contributed by atoms with Crippen LogP contribution in [0.1, 0.15) is 30.9 Å². The maximum atomic E-state index is 12.5. The van der Waals surface area contributed by atoms with Crippen molar-refractivity contribution in [3.8, 4) is 0 Å². The summed E-state index contributed by atoms with van der Waals surface area (Å²) < 4.78 is 5.19. The Morgan fingerprint density at radius 2 is 2.20 bits per heavy atom. The maximum absolute atomic E-state index is 12.5. The number of amides is 1. The van der Waals surface area contributed by atoms with Crippen molar-refractivity contribution in [3.63, 3.8) is 0 Å². The number of carbonyl (C=O) groups excluding carboxylic acids is 1. The fourth-order valence-corrected chi connectivity index (χ4v) is 2.59. The van der Waals surface area contributed by atoms with Gasteiger partial charge in [0, 0.05) is 20.2 Å². The highest BCUT2D eigenvalue weighted by Crippen LogP contribution is 2.24. The van der Waals surface area contributed by atoms with Crippen molar-refractivity contribution >= 4 is 5.91 Å². The van der Waals surface area contributed by atoms with E-state index in [-0.39, 0.29) is 17.9 Å². The number of carbonyl (C=O) groups is 1. The van der Waals surface area contributed by atoms with Crippen LogP contribution in [0.2, 0.25) is 0 Å². The summed E-state index contributed by atoms with van der Waals surface area (Å²) >= 11 is 0. The third-order valence-corrected chi connectivity index (χ3v) is 3.89. The van der Waals surface area contributed by atoms with Gasteiger partial charge >= 0.3 is 0 Å². The third-order valence-electron chi connectivity index (χ3n) is 3.89. The van der Waals surface area contributed by atoms with E-state index in [2.05, 4.69) is 36.6 Å². The minimum atomic E-state index is -0.113. The highest BCUT2D eigenvalue weighted by atomic mass is 16.5. The Morgan fingerprint density at radius 1 is 1.45 bits per heavy atom. The summed E-state index contributed by atoms with van der Waals surface area (Å²) in [6.07, 6.45) is 0. The van der Waals surface area contributed by atoms with E-state index in [0.29, 0.717) is 19.1 Å². The lowest BCUT2D eigenvalue weighted by atomic mass is 9.89. The number of benzene rings is 1. The summed E-state index contributed by atoms with van der Waals surface area (Å²) in [6.45, 7) is 6.27. The van der Waals surface area contributed by atoms with Crippen molar-refractivity contribution in [1.29, 1.82) is 0 Å². The first-order chi connectivity index (χ1) is 9.63. The lowest BCUT2D eigenvalue weighted by Gasteiger charge is -2.29. The first kappa shape index (κ1) is 15.0. The zero-order valence-corrected chi connectivity index (χ0v) is 12.5. The molecule has 0 aromatic heterocycles. The summed E-state index contributed by atoms with van der Waals surface area (Å²) in [5, 5.41) is 6.44. The van der Waals surface area contributed by atoms with E-state index < -0.39 is 0 Å². The predicted octanol–water partition coefficient (Wildman–Crippen LogP) is 1.66. The number of nitrogens with one attached hydrogen (secondary N) is 2. The maximum Gasteiger partial charge on any atom is 0.229 e. The third kappa shape index (κ3) is 3.38. The molecule has 0 aliphatic carbocycles. The van der Waals surface area contributed by atoms with Crippen LogP contribution in [0.5, 0.6) is 0 Å². The summed E-state index contributed by atoms with van der Waals surface area (Å²) in [6, 6.07) is 8.21. The molecule has 0 saturated heterocycles. The quantitative estimate of drug-likeness (QED) is 0.860. The van der Waals surface area contributed by atoms with Crippen LogP contribution >= 0.6 is 0 Å². The van der Waals surface area contributed by atoms with Gasteiger partial charge in [0.15, 0.2) is 0 Å². The number of ether oxygens (including phenoxy) is 1. The van der Waals surface area contributed by atoms with Crippen LogP contribution in [-0.2, 0) is 16.1 Å². The largest absolute Gasteiger partial charge is 0.383 e. The second kappa shape index (κ2) is 6.86. The molecule has 1 aromatic carbocycles. The van der Waals surface area contributed by atoms with Crippen LogP contribution < -0.4 is 10.6 Å². The van der Waals surface area contributed by atoms with E-state index in [1.807, 2.05) is 12.1 Å². The number of methoxy groups -OCH3 is 1.